The topological polar surface area (TPSA) is 50.9 Å². The van der Waals surface area contributed by atoms with Gasteiger partial charge < -0.3 is 11.1 Å². The van der Waals surface area contributed by atoms with Crippen LogP contribution >= 0.6 is 0 Å². The van der Waals surface area contributed by atoms with E-state index in [-0.39, 0.29) is 0 Å². The predicted octanol–water partition coefficient (Wildman–Crippen LogP) is 3.43. The molecule has 0 aliphatic heterocycles. The highest BCUT2D eigenvalue weighted by molar-refractivity contribution is 5.92. The summed E-state index contributed by atoms with van der Waals surface area (Å²) in [6, 6.07) is 18.1. The van der Waals surface area contributed by atoms with E-state index in [1.165, 1.54) is 5.56 Å². The summed E-state index contributed by atoms with van der Waals surface area (Å²) in [6.07, 6.45) is 1.80. The lowest BCUT2D eigenvalue weighted by Gasteiger charge is -2.09. The van der Waals surface area contributed by atoms with E-state index in [1.807, 2.05) is 42.5 Å². The molecule has 0 bridgehead atoms. The fraction of sp³-hybridized carbons (Fsp3) is 0.0625. The molecule has 0 saturated carbocycles. The number of hydrogen-bond acceptors (Lipinski definition) is 3. The number of benzene rings is 2. The maximum Gasteiger partial charge on any atom is 0.0743 e. The quantitative estimate of drug-likeness (QED) is 0.699. The fourth-order valence-electron chi connectivity index (χ4n) is 2.11. The molecule has 0 aliphatic carbocycles. The molecule has 0 unspecified atom stereocenters. The third-order valence-corrected chi connectivity index (χ3v) is 3.09. The zero-order valence-electron chi connectivity index (χ0n) is 10.5. The second-order valence-electron chi connectivity index (χ2n) is 4.47. The number of aromatic nitrogens is 1. The largest absolute Gasteiger partial charge is 0.399 e. The second kappa shape index (κ2) is 4.98. The van der Waals surface area contributed by atoms with Crippen molar-refractivity contribution in [2.75, 3.05) is 11.1 Å². The van der Waals surface area contributed by atoms with Gasteiger partial charge in [0.15, 0.2) is 0 Å². The lowest BCUT2D eigenvalue weighted by Crippen LogP contribution is -2.00. The third kappa shape index (κ3) is 2.50. The molecule has 3 heteroatoms. The average molecular weight is 249 g/mol. The first-order valence-electron chi connectivity index (χ1n) is 6.25. The average Bonchev–Trinajstić information content (AvgIpc) is 2.45. The van der Waals surface area contributed by atoms with Crippen LogP contribution in [0.1, 0.15) is 5.56 Å². The number of rotatable bonds is 3. The molecule has 1 aromatic heterocycles. The van der Waals surface area contributed by atoms with Crippen molar-refractivity contribution < 1.29 is 0 Å². The van der Waals surface area contributed by atoms with Crippen LogP contribution in [-0.2, 0) is 6.54 Å². The van der Waals surface area contributed by atoms with Crippen molar-refractivity contribution in [3.63, 3.8) is 0 Å². The van der Waals surface area contributed by atoms with Gasteiger partial charge in [0, 0.05) is 29.5 Å². The number of nitrogens with zero attached hydrogens (tertiary/aromatic N) is 1. The van der Waals surface area contributed by atoms with Crippen LogP contribution in [0, 0.1) is 0 Å². The van der Waals surface area contributed by atoms with Crippen LogP contribution in [-0.4, -0.2) is 4.98 Å². The Morgan fingerprint density at radius 2 is 1.84 bits per heavy atom. The van der Waals surface area contributed by atoms with Crippen molar-refractivity contribution in [2.24, 2.45) is 0 Å². The van der Waals surface area contributed by atoms with Crippen LogP contribution in [0.15, 0.2) is 60.8 Å². The molecule has 0 radical (unpaired) electrons. The summed E-state index contributed by atoms with van der Waals surface area (Å²) in [5.74, 6) is 0. The lowest BCUT2D eigenvalue weighted by atomic mass is 10.1. The van der Waals surface area contributed by atoms with Crippen molar-refractivity contribution in [3.05, 3.63) is 66.4 Å². The summed E-state index contributed by atoms with van der Waals surface area (Å²) >= 11 is 0. The molecule has 3 aromatic rings. The number of anilines is 2. The highest BCUT2D eigenvalue weighted by Crippen LogP contribution is 2.23. The first kappa shape index (κ1) is 11.5. The number of nitrogen functional groups attached to an aromatic ring is 1. The van der Waals surface area contributed by atoms with Gasteiger partial charge in [0.1, 0.15) is 0 Å². The Morgan fingerprint density at radius 3 is 2.68 bits per heavy atom. The van der Waals surface area contributed by atoms with Crippen molar-refractivity contribution in [3.8, 4) is 0 Å². The maximum absolute atomic E-state index is 5.78. The van der Waals surface area contributed by atoms with Crippen LogP contribution in [0.3, 0.4) is 0 Å². The Bertz CT molecular complexity index is 693. The summed E-state index contributed by atoms with van der Waals surface area (Å²) in [5.41, 5.74) is 9.76. The molecule has 1 heterocycles. The molecule has 2 aromatic carbocycles. The smallest absolute Gasteiger partial charge is 0.0743 e. The summed E-state index contributed by atoms with van der Waals surface area (Å²) in [7, 11) is 0. The van der Waals surface area contributed by atoms with E-state index in [1.54, 1.807) is 6.20 Å². The van der Waals surface area contributed by atoms with Crippen molar-refractivity contribution >= 4 is 22.3 Å². The van der Waals surface area contributed by atoms with Gasteiger partial charge >= 0.3 is 0 Å². The first-order chi connectivity index (χ1) is 9.33. The zero-order valence-corrected chi connectivity index (χ0v) is 10.5. The third-order valence-electron chi connectivity index (χ3n) is 3.09. The van der Waals surface area contributed by atoms with Crippen molar-refractivity contribution in [2.45, 2.75) is 6.54 Å². The van der Waals surface area contributed by atoms with Gasteiger partial charge in [-0.05, 0) is 29.8 Å². The van der Waals surface area contributed by atoms with Gasteiger partial charge in [-0.1, -0.05) is 30.3 Å². The van der Waals surface area contributed by atoms with E-state index < -0.39 is 0 Å². The molecule has 94 valence electrons. The van der Waals surface area contributed by atoms with E-state index in [0.29, 0.717) is 0 Å². The number of nitrogens with two attached hydrogens (primary N) is 1. The Hall–Kier alpha value is -2.55. The number of pyridine rings is 1. The van der Waals surface area contributed by atoms with Crippen molar-refractivity contribution in [1.29, 1.82) is 0 Å². The van der Waals surface area contributed by atoms with Gasteiger partial charge in [-0.2, -0.15) is 0 Å². The van der Waals surface area contributed by atoms with E-state index in [9.17, 15) is 0 Å². The molecular formula is C16H15N3. The molecule has 0 fully saturated rings. The number of hydrogen-bond donors (Lipinski definition) is 2. The molecule has 3 rings (SSSR count). The van der Waals surface area contributed by atoms with E-state index in [4.69, 9.17) is 5.73 Å². The molecule has 0 atom stereocenters. The van der Waals surface area contributed by atoms with Crippen LogP contribution in [0.2, 0.25) is 0 Å². The Morgan fingerprint density at radius 1 is 1.00 bits per heavy atom. The molecule has 3 nitrogen and oxygen atoms in total. The second-order valence-corrected chi connectivity index (χ2v) is 4.47. The predicted molar refractivity (Wildman–Crippen MR) is 79.9 cm³/mol. The minimum absolute atomic E-state index is 0.736. The Balaban J connectivity index is 1.89. The molecule has 19 heavy (non-hydrogen) atoms. The van der Waals surface area contributed by atoms with Crippen LogP contribution in [0.25, 0.3) is 10.9 Å². The molecular weight excluding hydrogens is 234 g/mol. The van der Waals surface area contributed by atoms with E-state index in [2.05, 4.69) is 22.4 Å². The van der Waals surface area contributed by atoms with E-state index >= 15 is 0 Å². The number of fused-ring (bicyclic) bond motifs is 1. The minimum atomic E-state index is 0.736. The summed E-state index contributed by atoms with van der Waals surface area (Å²) in [4.78, 5) is 4.34. The number of nitrogens with one attached hydrogen (secondary N) is 1. The van der Waals surface area contributed by atoms with Crippen LogP contribution in [0.4, 0.5) is 11.4 Å². The Labute approximate surface area is 112 Å². The summed E-state index contributed by atoms with van der Waals surface area (Å²) < 4.78 is 0. The highest BCUT2D eigenvalue weighted by atomic mass is 14.9. The van der Waals surface area contributed by atoms with Crippen LogP contribution < -0.4 is 11.1 Å². The monoisotopic (exact) mass is 249 g/mol. The van der Waals surface area contributed by atoms with Crippen LogP contribution in [0.5, 0.6) is 0 Å². The van der Waals surface area contributed by atoms with Gasteiger partial charge in [-0.3, -0.25) is 4.98 Å². The first-order valence-corrected chi connectivity index (χ1v) is 6.25. The SMILES string of the molecule is Nc1ccc2c(NCc3ccccc3)ccnc2c1. The van der Waals surface area contributed by atoms with Gasteiger partial charge in [-0.25, -0.2) is 0 Å². The molecule has 3 N–H and O–H groups in total. The fourth-order valence-corrected chi connectivity index (χ4v) is 2.11. The summed E-state index contributed by atoms with van der Waals surface area (Å²) in [5, 5.41) is 4.53. The highest BCUT2D eigenvalue weighted by Gasteiger charge is 2.02. The van der Waals surface area contributed by atoms with Gasteiger partial charge in [0.25, 0.3) is 0 Å². The van der Waals surface area contributed by atoms with Gasteiger partial charge in [0.2, 0.25) is 0 Å². The van der Waals surface area contributed by atoms with Gasteiger partial charge in [0.05, 0.1) is 5.52 Å². The molecule has 0 amide bonds. The molecule has 0 spiro atoms. The Kier molecular flexibility index (Phi) is 3.02. The normalized spacial score (nSPS) is 10.5. The summed E-state index contributed by atoms with van der Waals surface area (Å²) in [6.45, 7) is 0.796. The van der Waals surface area contributed by atoms with E-state index in [0.717, 1.165) is 28.8 Å². The van der Waals surface area contributed by atoms with Crippen molar-refractivity contribution in [1.82, 2.24) is 4.98 Å². The van der Waals surface area contributed by atoms with Gasteiger partial charge in [-0.15, -0.1) is 0 Å². The molecule has 0 saturated heterocycles. The molecule has 0 aliphatic rings. The standard InChI is InChI=1S/C16H15N3/c17-13-6-7-14-15(8-9-18-16(14)10-13)19-11-12-4-2-1-3-5-12/h1-10H,11,17H2,(H,18,19). The lowest BCUT2D eigenvalue weighted by molar-refractivity contribution is 1.15. The minimum Gasteiger partial charge on any atom is -0.399 e. The zero-order chi connectivity index (χ0) is 13.1. The maximum atomic E-state index is 5.78.